The first-order chi connectivity index (χ1) is 7.18. The van der Waals surface area contributed by atoms with Crippen molar-refractivity contribution in [2.24, 2.45) is 11.8 Å². The molecular weight excluding hydrogens is 190 g/mol. The fourth-order valence-electron chi connectivity index (χ4n) is 1.97. The number of carbonyl (C=O) groups is 1. The van der Waals surface area contributed by atoms with E-state index in [9.17, 15) is 4.79 Å². The van der Waals surface area contributed by atoms with Gasteiger partial charge in [-0.1, -0.05) is 39.5 Å². The predicted octanol–water partition coefficient (Wildman–Crippen LogP) is 2.66. The van der Waals surface area contributed by atoms with Crippen molar-refractivity contribution in [1.82, 2.24) is 5.48 Å². The largest absolute Gasteiger partial charge is 0.273 e. The predicted molar refractivity (Wildman–Crippen MR) is 60.1 cm³/mol. The molecule has 15 heavy (non-hydrogen) atoms. The normalized spacial score (nSPS) is 17.3. The van der Waals surface area contributed by atoms with E-state index in [-0.39, 0.29) is 5.91 Å². The quantitative estimate of drug-likeness (QED) is 0.689. The zero-order valence-electron chi connectivity index (χ0n) is 9.92. The van der Waals surface area contributed by atoms with E-state index in [4.69, 9.17) is 4.84 Å². The lowest BCUT2D eigenvalue weighted by atomic mass is 10.0. The van der Waals surface area contributed by atoms with Gasteiger partial charge >= 0.3 is 0 Å². The van der Waals surface area contributed by atoms with Crippen molar-refractivity contribution in [2.75, 3.05) is 6.61 Å². The van der Waals surface area contributed by atoms with E-state index in [1.807, 2.05) is 0 Å². The van der Waals surface area contributed by atoms with Gasteiger partial charge in [-0.05, 0) is 18.3 Å². The number of hydrogen-bond acceptors (Lipinski definition) is 2. The Hall–Kier alpha value is -0.570. The molecule has 0 bridgehead atoms. The van der Waals surface area contributed by atoms with Crippen LogP contribution >= 0.6 is 0 Å². The van der Waals surface area contributed by atoms with Crippen LogP contribution < -0.4 is 5.48 Å². The SMILES string of the molecule is CC(C)CONC(=O)CCC1CCCC1. The Kier molecular flexibility index (Phi) is 5.69. The van der Waals surface area contributed by atoms with Gasteiger partial charge < -0.3 is 0 Å². The number of hydroxylamine groups is 1. The summed E-state index contributed by atoms with van der Waals surface area (Å²) in [6.45, 7) is 4.71. The lowest BCUT2D eigenvalue weighted by Gasteiger charge is -2.10. The van der Waals surface area contributed by atoms with E-state index in [0.717, 1.165) is 12.3 Å². The first-order valence-corrected chi connectivity index (χ1v) is 6.09. The Bertz CT molecular complexity index is 186. The van der Waals surface area contributed by atoms with E-state index in [1.165, 1.54) is 25.7 Å². The maximum atomic E-state index is 11.3. The number of carbonyl (C=O) groups excluding carboxylic acids is 1. The first-order valence-electron chi connectivity index (χ1n) is 6.09. The second-order valence-corrected chi connectivity index (χ2v) is 4.92. The van der Waals surface area contributed by atoms with Crippen LogP contribution in [-0.4, -0.2) is 12.5 Å². The smallest absolute Gasteiger partial charge is 0.243 e. The second-order valence-electron chi connectivity index (χ2n) is 4.92. The average molecular weight is 213 g/mol. The second kappa shape index (κ2) is 6.83. The van der Waals surface area contributed by atoms with Gasteiger partial charge in [0.15, 0.2) is 0 Å². The molecule has 1 rings (SSSR count). The summed E-state index contributed by atoms with van der Waals surface area (Å²) in [6.07, 6.45) is 6.94. The van der Waals surface area contributed by atoms with E-state index < -0.39 is 0 Å². The van der Waals surface area contributed by atoms with Gasteiger partial charge in [-0.15, -0.1) is 0 Å². The molecule has 0 aromatic heterocycles. The summed E-state index contributed by atoms with van der Waals surface area (Å²) in [5.41, 5.74) is 2.50. The summed E-state index contributed by atoms with van der Waals surface area (Å²) < 4.78 is 0. The highest BCUT2D eigenvalue weighted by atomic mass is 16.6. The molecule has 0 saturated heterocycles. The third-order valence-corrected chi connectivity index (χ3v) is 2.86. The summed E-state index contributed by atoms with van der Waals surface area (Å²) >= 11 is 0. The molecule has 0 atom stereocenters. The fraction of sp³-hybridized carbons (Fsp3) is 0.917. The van der Waals surface area contributed by atoms with Crippen LogP contribution in [0.4, 0.5) is 0 Å². The maximum Gasteiger partial charge on any atom is 0.243 e. The van der Waals surface area contributed by atoms with Crippen molar-refractivity contribution in [2.45, 2.75) is 52.4 Å². The zero-order valence-corrected chi connectivity index (χ0v) is 9.92. The van der Waals surface area contributed by atoms with Crippen LogP contribution in [0.2, 0.25) is 0 Å². The molecule has 0 radical (unpaired) electrons. The van der Waals surface area contributed by atoms with Gasteiger partial charge in [0.2, 0.25) is 5.91 Å². The van der Waals surface area contributed by atoms with Crippen LogP contribution in [0, 0.1) is 11.8 Å². The average Bonchev–Trinajstić information content (AvgIpc) is 2.66. The molecule has 1 saturated carbocycles. The lowest BCUT2D eigenvalue weighted by molar-refractivity contribution is -0.134. The topological polar surface area (TPSA) is 38.3 Å². The van der Waals surface area contributed by atoms with Crippen molar-refractivity contribution in [1.29, 1.82) is 0 Å². The molecule has 0 unspecified atom stereocenters. The van der Waals surface area contributed by atoms with Gasteiger partial charge in [0.25, 0.3) is 0 Å². The Labute approximate surface area is 92.5 Å². The minimum atomic E-state index is 0.0301. The molecule has 3 nitrogen and oxygen atoms in total. The van der Waals surface area contributed by atoms with Crippen molar-refractivity contribution < 1.29 is 9.63 Å². The molecule has 1 aliphatic rings. The lowest BCUT2D eigenvalue weighted by Crippen LogP contribution is -2.25. The van der Waals surface area contributed by atoms with Crippen LogP contribution in [0.5, 0.6) is 0 Å². The minimum absolute atomic E-state index is 0.0301. The highest BCUT2D eigenvalue weighted by Crippen LogP contribution is 2.28. The molecule has 0 aromatic rings. The third-order valence-electron chi connectivity index (χ3n) is 2.86. The number of hydrogen-bond donors (Lipinski definition) is 1. The van der Waals surface area contributed by atoms with E-state index in [1.54, 1.807) is 0 Å². The summed E-state index contributed by atoms with van der Waals surface area (Å²) in [5, 5.41) is 0. The number of amides is 1. The van der Waals surface area contributed by atoms with Gasteiger partial charge in [-0.25, -0.2) is 5.48 Å². The molecule has 1 fully saturated rings. The van der Waals surface area contributed by atoms with Crippen molar-refractivity contribution in [3.63, 3.8) is 0 Å². The van der Waals surface area contributed by atoms with E-state index in [0.29, 0.717) is 18.9 Å². The molecule has 0 spiro atoms. The maximum absolute atomic E-state index is 11.3. The fourth-order valence-corrected chi connectivity index (χ4v) is 1.97. The Morgan fingerprint density at radius 3 is 2.67 bits per heavy atom. The molecule has 3 heteroatoms. The molecule has 1 amide bonds. The van der Waals surface area contributed by atoms with Crippen molar-refractivity contribution >= 4 is 5.91 Å². The van der Waals surface area contributed by atoms with Gasteiger partial charge in [0, 0.05) is 6.42 Å². The molecule has 0 aliphatic heterocycles. The molecule has 88 valence electrons. The summed E-state index contributed by atoms with van der Waals surface area (Å²) in [7, 11) is 0. The molecule has 1 aliphatic carbocycles. The van der Waals surface area contributed by atoms with E-state index in [2.05, 4.69) is 19.3 Å². The molecule has 1 N–H and O–H groups in total. The van der Waals surface area contributed by atoms with Gasteiger partial charge in [-0.2, -0.15) is 0 Å². The van der Waals surface area contributed by atoms with Crippen LogP contribution in [0.1, 0.15) is 52.4 Å². The standard InChI is InChI=1S/C12H23NO2/c1-10(2)9-15-13-12(14)8-7-11-5-3-4-6-11/h10-11H,3-9H2,1-2H3,(H,13,14). The summed E-state index contributed by atoms with van der Waals surface area (Å²) in [6, 6.07) is 0. The van der Waals surface area contributed by atoms with Gasteiger partial charge in [0.05, 0.1) is 6.61 Å². The van der Waals surface area contributed by atoms with Crippen LogP contribution in [0.15, 0.2) is 0 Å². The first kappa shape index (κ1) is 12.5. The van der Waals surface area contributed by atoms with Crippen LogP contribution in [0.25, 0.3) is 0 Å². The Morgan fingerprint density at radius 1 is 1.40 bits per heavy atom. The summed E-state index contributed by atoms with van der Waals surface area (Å²) in [5.74, 6) is 1.27. The third kappa shape index (κ3) is 5.78. The number of rotatable bonds is 6. The van der Waals surface area contributed by atoms with Crippen molar-refractivity contribution in [3.8, 4) is 0 Å². The highest BCUT2D eigenvalue weighted by Gasteiger charge is 2.15. The zero-order chi connectivity index (χ0) is 11.1. The summed E-state index contributed by atoms with van der Waals surface area (Å²) in [4.78, 5) is 16.4. The minimum Gasteiger partial charge on any atom is -0.273 e. The highest BCUT2D eigenvalue weighted by molar-refractivity contribution is 5.74. The molecule has 0 aromatic carbocycles. The van der Waals surface area contributed by atoms with Gasteiger partial charge in [0.1, 0.15) is 0 Å². The Balaban J connectivity index is 1.98. The van der Waals surface area contributed by atoms with E-state index >= 15 is 0 Å². The molecular formula is C12H23NO2. The van der Waals surface area contributed by atoms with Gasteiger partial charge in [-0.3, -0.25) is 9.63 Å². The van der Waals surface area contributed by atoms with Crippen molar-refractivity contribution in [3.05, 3.63) is 0 Å². The molecule has 0 heterocycles. The number of nitrogens with one attached hydrogen (secondary N) is 1. The van der Waals surface area contributed by atoms with Crippen LogP contribution in [0.3, 0.4) is 0 Å². The monoisotopic (exact) mass is 213 g/mol. The van der Waals surface area contributed by atoms with Crippen LogP contribution in [-0.2, 0) is 9.63 Å². The Morgan fingerprint density at radius 2 is 2.07 bits per heavy atom.